The molecule has 3 N–H and O–H groups in total. The molecule has 1 fully saturated rings. The molecule has 1 unspecified atom stereocenters. The minimum atomic E-state index is -0.728. The van der Waals surface area contributed by atoms with Gasteiger partial charge in [-0.05, 0) is 50.0 Å². The first-order valence-corrected chi connectivity index (χ1v) is 11.0. The van der Waals surface area contributed by atoms with Crippen LogP contribution < -0.4 is 0 Å². The molecule has 1 aliphatic carbocycles. The normalized spacial score (nSPS) is 25.0. The smallest absolute Gasteiger partial charge is 0.305 e. The molecule has 168 valence electrons. The summed E-state index contributed by atoms with van der Waals surface area (Å²) >= 11 is 0. The summed E-state index contributed by atoms with van der Waals surface area (Å²) in [7, 11) is 1.39. The van der Waals surface area contributed by atoms with Crippen LogP contribution in [0.3, 0.4) is 0 Å². The van der Waals surface area contributed by atoms with Crippen LogP contribution in [-0.4, -0.2) is 46.7 Å². The Morgan fingerprint density at radius 3 is 2.50 bits per heavy atom. The van der Waals surface area contributed by atoms with Gasteiger partial charge in [-0.15, -0.1) is 0 Å². The van der Waals surface area contributed by atoms with E-state index in [0.717, 1.165) is 32.1 Å². The molecular weight excluding hydrogens is 387 g/mol. The maximum atomic E-state index is 13.7. The van der Waals surface area contributed by atoms with Crippen molar-refractivity contribution in [1.82, 2.24) is 0 Å². The quantitative estimate of drug-likeness (QED) is 0.352. The van der Waals surface area contributed by atoms with Crippen LogP contribution in [0.1, 0.15) is 63.4 Å². The van der Waals surface area contributed by atoms with E-state index in [9.17, 15) is 24.5 Å². The Balaban J connectivity index is 1.75. The summed E-state index contributed by atoms with van der Waals surface area (Å²) in [5, 5.41) is 30.9. The Morgan fingerprint density at radius 2 is 1.80 bits per heavy atom. The van der Waals surface area contributed by atoms with Crippen LogP contribution >= 0.6 is 0 Å². The second kappa shape index (κ2) is 12.8. The van der Waals surface area contributed by atoms with Crippen LogP contribution in [0.25, 0.3) is 6.08 Å². The molecule has 30 heavy (non-hydrogen) atoms. The van der Waals surface area contributed by atoms with Crippen LogP contribution in [0.4, 0.5) is 4.39 Å². The summed E-state index contributed by atoms with van der Waals surface area (Å²) in [5.74, 6) is -0.552. The molecule has 5 atom stereocenters. The monoisotopic (exact) mass is 422 g/mol. The molecular formula is C24H35FO5. The number of hydrogen-bond acceptors (Lipinski definition) is 5. The van der Waals surface area contributed by atoms with Crippen LogP contribution in [0.2, 0.25) is 0 Å². The van der Waals surface area contributed by atoms with Crippen LogP contribution in [0.15, 0.2) is 30.3 Å². The molecule has 0 saturated heterocycles. The van der Waals surface area contributed by atoms with Gasteiger partial charge < -0.3 is 20.1 Å². The molecule has 0 spiro atoms. The summed E-state index contributed by atoms with van der Waals surface area (Å²) in [6, 6.07) is 6.39. The summed E-state index contributed by atoms with van der Waals surface area (Å²) in [4.78, 5) is 11.1. The van der Waals surface area contributed by atoms with E-state index in [0.29, 0.717) is 31.2 Å². The minimum absolute atomic E-state index is 0.0170. The fourth-order valence-electron chi connectivity index (χ4n) is 4.37. The molecule has 0 heterocycles. The number of rotatable bonds is 12. The van der Waals surface area contributed by atoms with Gasteiger partial charge in [-0.1, -0.05) is 49.6 Å². The van der Waals surface area contributed by atoms with Gasteiger partial charge in [0.1, 0.15) is 5.82 Å². The minimum Gasteiger partial charge on any atom is -0.469 e. The van der Waals surface area contributed by atoms with Gasteiger partial charge in [0.25, 0.3) is 0 Å². The van der Waals surface area contributed by atoms with Crippen molar-refractivity contribution in [2.45, 2.75) is 76.1 Å². The molecule has 0 radical (unpaired) electrons. The van der Waals surface area contributed by atoms with E-state index in [-0.39, 0.29) is 23.6 Å². The van der Waals surface area contributed by atoms with E-state index >= 15 is 0 Å². The van der Waals surface area contributed by atoms with E-state index < -0.39 is 18.3 Å². The summed E-state index contributed by atoms with van der Waals surface area (Å²) in [6.45, 7) is 0. The largest absolute Gasteiger partial charge is 0.469 e. The molecule has 0 amide bonds. The van der Waals surface area contributed by atoms with Crippen LogP contribution in [0, 0.1) is 17.7 Å². The Bertz CT molecular complexity index is 677. The molecule has 1 aromatic carbocycles. The van der Waals surface area contributed by atoms with Gasteiger partial charge in [-0.25, -0.2) is 4.39 Å². The lowest BCUT2D eigenvalue weighted by Crippen LogP contribution is -2.23. The Morgan fingerprint density at radius 1 is 1.13 bits per heavy atom. The number of hydrogen-bond donors (Lipinski definition) is 3. The zero-order valence-corrected chi connectivity index (χ0v) is 17.8. The van der Waals surface area contributed by atoms with Crippen molar-refractivity contribution in [1.29, 1.82) is 0 Å². The third kappa shape index (κ3) is 7.82. The third-order valence-electron chi connectivity index (χ3n) is 6.12. The van der Waals surface area contributed by atoms with Gasteiger partial charge in [-0.2, -0.15) is 0 Å². The van der Waals surface area contributed by atoms with Gasteiger partial charge >= 0.3 is 5.97 Å². The highest BCUT2D eigenvalue weighted by atomic mass is 19.1. The fraction of sp³-hybridized carbons (Fsp3) is 0.625. The van der Waals surface area contributed by atoms with Gasteiger partial charge in [0, 0.05) is 12.0 Å². The third-order valence-corrected chi connectivity index (χ3v) is 6.12. The van der Waals surface area contributed by atoms with Crippen molar-refractivity contribution in [2.75, 3.05) is 7.11 Å². The lowest BCUT2D eigenvalue weighted by atomic mass is 9.85. The van der Waals surface area contributed by atoms with Crippen LogP contribution in [-0.2, 0) is 9.53 Å². The summed E-state index contributed by atoms with van der Waals surface area (Å²) < 4.78 is 18.3. The topological polar surface area (TPSA) is 87.0 Å². The Labute approximate surface area is 178 Å². The average molecular weight is 423 g/mol. The standard InChI is InChI=1S/C24H35FO5/c1-30-24(29)11-5-3-2-4-9-19-20(23(28)16-22(19)27)15-14-18(26)13-12-17-8-6-7-10-21(17)25/h6-8,10,12-13,18-20,22-23,26-28H,2-5,9,11,14-16H2,1H3/t18?,19-,20-,22+,23-/m1/s1. The number of carbonyl (C=O) groups excluding carboxylic acids is 1. The molecule has 0 aliphatic heterocycles. The Kier molecular flexibility index (Phi) is 10.5. The van der Waals surface area contributed by atoms with Crippen LogP contribution in [0.5, 0.6) is 0 Å². The number of aliphatic hydroxyl groups is 3. The second-order valence-electron chi connectivity index (χ2n) is 8.25. The van der Waals surface area contributed by atoms with Crippen molar-refractivity contribution in [3.63, 3.8) is 0 Å². The molecule has 1 aliphatic rings. The van der Waals surface area contributed by atoms with Gasteiger partial charge in [0.2, 0.25) is 0 Å². The fourth-order valence-corrected chi connectivity index (χ4v) is 4.37. The Hall–Kier alpha value is -1.76. The highest BCUT2D eigenvalue weighted by Crippen LogP contribution is 2.39. The number of ether oxygens (including phenoxy) is 1. The molecule has 0 bridgehead atoms. The molecule has 6 heteroatoms. The van der Waals surface area contributed by atoms with Gasteiger partial charge in [0.15, 0.2) is 0 Å². The van der Waals surface area contributed by atoms with E-state index in [4.69, 9.17) is 0 Å². The number of halogens is 1. The summed E-state index contributed by atoms with van der Waals surface area (Å²) in [6.07, 6.45) is 7.66. The van der Waals surface area contributed by atoms with Gasteiger partial charge in [-0.3, -0.25) is 4.79 Å². The maximum Gasteiger partial charge on any atom is 0.305 e. The molecule has 0 aromatic heterocycles. The number of carbonyl (C=O) groups is 1. The number of aliphatic hydroxyl groups excluding tert-OH is 3. The molecule has 1 aromatic rings. The highest BCUT2D eigenvalue weighted by Gasteiger charge is 2.40. The predicted octanol–water partition coefficient (Wildman–Crippen LogP) is 3.85. The lowest BCUT2D eigenvalue weighted by Gasteiger charge is -2.24. The number of esters is 1. The first-order valence-electron chi connectivity index (χ1n) is 11.0. The van der Waals surface area contributed by atoms with Crippen molar-refractivity contribution in [3.05, 3.63) is 41.7 Å². The van der Waals surface area contributed by atoms with Crippen molar-refractivity contribution in [3.8, 4) is 0 Å². The first kappa shape index (κ1) is 24.5. The van der Waals surface area contributed by atoms with Crippen molar-refractivity contribution in [2.24, 2.45) is 11.8 Å². The highest BCUT2D eigenvalue weighted by molar-refractivity contribution is 5.68. The van der Waals surface area contributed by atoms with E-state index in [1.165, 1.54) is 13.2 Å². The maximum absolute atomic E-state index is 13.7. The van der Waals surface area contributed by atoms with Crippen molar-refractivity contribution < 1.29 is 29.2 Å². The molecule has 2 rings (SSSR count). The van der Waals surface area contributed by atoms with E-state index in [2.05, 4.69) is 4.74 Å². The number of benzene rings is 1. The first-order chi connectivity index (χ1) is 14.4. The average Bonchev–Trinajstić information content (AvgIpc) is 3.00. The second-order valence-corrected chi connectivity index (χ2v) is 8.25. The van der Waals surface area contributed by atoms with E-state index in [1.807, 2.05) is 0 Å². The zero-order chi connectivity index (χ0) is 21.9. The van der Waals surface area contributed by atoms with Gasteiger partial charge in [0.05, 0.1) is 25.4 Å². The molecule has 1 saturated carbocycles. The summed E-state index contributed by atoms with van der Waals surface area (Å²) in [5.41, 5.74) is 0.429. The van der Waals surface area contributed by atoms with Crippen molar-refractivity contribution >= 4 is 12.0 Å². The molecule has 5 nitrogen and oxygen atoms in total. The van der Waals surface area contributed by atoms with E-state index in [1.54, 1.807) is 30.4 Å². The predicted molar refractivity (Wildman–Crippen MR) is 114 cm³/mol. The SMILES string of the molecule is COC(=O)CCCCCC[C@@H]1[C@@H](CCC(O)C=Cc2ccccc2F)[C@H](O)C[C@@H]1O. The number of unbranched alkanes of at least 4 members (excludes halogenated alkanes) is 3. The lowest BCUT2D eigenvalue weighted by molar-refractivity contribution is -0.140. The zero-order valence-electron chi connectivity index (χ0n) is 17.8. The number of methoxy groups -OCH3 is 1.